The van der Waals surface area contributed by atoms with E-state index in [9.17, 15) is 4.79 Å². The second-order valence-corrected chi connectivity index (χ2v) is 4.77. The average molecular weight is 214 g/mol. The van der Waals surface area contributed by atoms with Crippen molar-refractivity contribution < 1.29 is 9.53 Å². The van der Waals surface area contributed by atoms with E-state index < -0.39 is 0 Å². The molecule has 1 heterocycles. The van der Waals surface area contributed by atoms with Gasteiger partial charge in [-0.1, -0.05) is 13.8 Å². The van der Waals surface area contributed by atoms with E-state index in [1.54, 1.807) is 0 Å². The first kappa shape index (κ1) is 12.5. The van der Waals surface area contributed by atoms with Crippen LogP contribution in [0.25, 0.3) is 0 Å². The molecule has 3 unspecified atom stereocenters. The van der Waals surface area contributed by atoms with Crippen LogP contribution in [0, 0.1) is 5.92 Å². The Morgan fingerprint density at radius 3 is 2.20 bits per heavy atom. The van der Waals surface area contributed by atoms with Crippen molar-refractivity contribution in [3.63, 3.8) is 0 Å². The lowest BCUT2D eigenvalue weighted by atomic mass is 10.0. The zero-order chi connectivity index (χ0) is 11.6. The lowest BCUT2D eigenvalue weighted by molar-refractivity contribution is -0.145. The maximum atomic E-state index is 12.0. The molecule has 0 aromatic carbocycles. The first-order valence-corrected chi connectivity index (χ1v) is 5.61. The standard InChI is InChI=1S/C11H22N2O2/c1-7(2)10(12)11(14)13-5-8(3)15-9(4)6-13/h7-10H,5-6,12H2,1-4H3. The van der Waals surface area contributed by atoms with Crippen molar-refractivity contribution in [2.45, 2.75) is 45.9 Å². The zero-order valence-corrected chi connectivity index (χ0v) is 10.1. The van der Waals surface area contributed by atoms with Crippen LogP contribution in [0.15, 0.2) is 0 Å². The van der Waals surface area contributed by atoms with Gasteiger partial charge in [-0.05, 0) is 19.8 Å². The summed E-state index contributed by atoms with van der Waals surface area (Å²) in [5.41, 5.74) is 5.85. The Hall–Kier alpha value is -0.610. The van der Waals surface area contributed by atoms with E-state index in [1.165, 1.54) is 0 Å². The van der Waals surface area contributed by atoms with Gasteiger partial charge in [-0.2, -0.15) is 0 Å². The third-order valence-corrected chi connectivity index (χ3v) is 2.73. The molecule has 0 radical (unpaired) electrons. The van der Waals surface area contributed by atoms with Crippen LogP contribution in [0.5, 0.6) is 0 Å². The molecule has 0 saturated carbocycles. The third kappa shape index (κ3) is 3.18. The van der Waals surface area contributed by atoms with Crippen LogP contribution in [-0.2, 0) is 9.53 Å². The molecule has 15 heavy (non-hydrogen) atoms. The number of nitrogens with zero attached hydrogens (tertiary/aromatic N) is 1. The Morgan fingerprint density at radius 1 is 1.33 bits per heavy atom. The molecule has 1 fully saturated rings. The first-order chi connectivity index (χ1) is 6.91. The fourth-order valence-corrected chi connectivity index (χ4v) is 1.85. The predicted octanol–water partition coefficient (Wildman–Crippen LogP) is 0.605. The molecular formula is C11H22N2O2. The van der Waals surface area contributed by atoms with Gasteiger partial charge in [0.15, 0.2) is 0 Å². The molecule has 1 saturated heterocycles. The van der Waals surface area contributed by atoms with Gasteiger partial charge in [-0.3, -0.25) is 4.79 Å². The largest absolute Gasteiger partial charge is 0.372 e. The Labute approximate surface area is 91.8 Å². The fourth-order valence-electron chi connectivity index (χ4n) is 1.85. The minimum Gasteiger partial charge on any atom is -0.372 e. The summed E-state index contributed by atoms with van der Waals surface area (Å²) in [6, 6.07) is -0.387. The zero-order valence-electron chi connectivity index (χ0n) is 10.1. The van der Waals surface area contributed by atoms with E-state index >= 15 is 0 Å². The van der Waals surface area contributed by atoms with Crippen molar-refractivity contribution in [2.24, 2.45) is 11.7 Å². The van der Waals surface area contributed by atoms with Crippen molar-refractivity contribution in [1.82, 2.24) is 4.90 Å². The molecule has 4 heteroatoms. The van der Waals surface area contributed by atoms with Gasteiger partial charge in [0.25, 0.3) is 0 Å². The number of hydrogen-bond acceptors (Lipinski definition) is 3. The summed E-state index contributed by atoms with van der Waals surface area (Å²) < 4.78 is 5.57. The first-order valence-electron chi connectivity index (χ1n) is 5.61. The van der Waals surface area contributed by atoms with E-state index in [-0.39, 0.29) is 30.1 Å². The van der Waals surface area contributed by atoms with Crippen molar-refractivity contribution in [1.29, 1.82) is 0 Å². The maximum absolute atomic E-state index is 12.0. The van der Waals surface area contributed by atoms with E-state index in [2.05, 4.69) is 0 Å². The van der Waals surface area contributed by atoms with Crippen LogP contribution in [0.3, 0.4) is 0 Å². The van der Waals surface area contributed by atoms with Crippen molar-refractivity contribution in [3.05, 3.63) is 0 Å². The number of amides is 1. The molecule has 88 valence electrons. The van der Waals surface area contributed by atoms with Gasteiger partial charge < -0.3 is 15.4 Å². The van der Waals surface area contributed by atoms with Crippen LogP contribution in [0.4, 0.5) is 0 Å². The van der Waals surface area contributed by atoms with E-state index in [0.29, 0.717) is 13.1 Å². The second-order valence-electron chi connectivity index (χ2n) is 4.77. The smallest absolute Gasteiger partial charge is 0.239 e. The van der Waals surface area contributed by atoms with E-state index in [0.717, 1.165) is 0 Å². The highest BCUT2D eigenvalue weighted by molar-refractivity contribution is 5.82. The number of carbonyl (C=O) groups excluding carboxylic acids is 1. The Morgan fingerprint density at radius 2 is 1.80 bits per heavy atom. The summed E-state index contributed by atoms with van der Waals surface area (Å²) >= 11 is 0. The fraction of sp³-hybridized carbons (Fsp3) is 0.909. The molecule has 0 aromatic heterocycles. The molecule has 1 amide bonds. The molecular weight excluding hydrogens is 192 g/mol. The molecule has 4 nitrogen and oxygen atoms in total. The van der Waals surface area contributed by atoms with Crippen LogP contribution in [-0.4, -0.2) is 42.1 Å². The number of hydrogen-bond donors (Lipinski definition) is 1. The minimum atomic E-state index is -0.387. The van der Waals surface area contributed by atoms with Gasteiger partial charge in [0.05, 0.1) is 18.2 Å². The Balaban J connectivity index is 2.59. The third-order valence-electron chi connectivity index (χ3n) is 2.73. The van der Waals surface area contributed by atoms with Crippen LogP contribution in [0.2, 0.25) is 0 Å². The van der Waals surface area contributed by atoms with Gasteiger partial charge in [0, 0.05) is 13.1 Å². The molecule has 2 N–H and O–H groups in total. The highest BCUT2D eigenvalue weighted by Crippen LogP contribution is 2.13. The maximum Gasteiger partial charge on any atom is 0.239 e. The molecule has 0 spiro atoms. The number of morpholine rings is 1. The monoisotopic (exact) mass is 214 g/mol. The van der Waals surface area contributed by atoms with Crippen molar-refractivity contribution in [3.8, 4) is 0 Å². The molecule has 1 aliphatic heterocycles. The second kappa shape index (κ2) is 4.94. The molecule has 0 aromatic rings. The summed E-state index contributed by atoms with van der Waals surface area (Å²) in [6.45, 7) is 9.21. The average Bonchev–Trinajstić information content (AvgIpc) is 2.13. The molecule has 3 atom stereocenters. The topological polar surface area (TPSA) is 55.6 Å². The van der Waals surface area contributed by atoms with Gasteiger partial charge in [0.2, 0.25) is 5.91 Å². The number of ether oxygens (including phenoxy) is 1. The van der Waals surface area contributed by atoms with Gasteiger partial charge in [0.1, 0.15) is 0 Å². The van der Waals surface area contributed by atoms with Crippen LogP contribution < -0.4 is 5.73 Å². The van der Waals surface area contributed by atoms with E-state index in [4.69, 9.17) is 10.5 Å². The highest BCUT2D eigenvalue weighted by Gasteiger charge is 2.29. The van der Waals surface area contributed by atoms with Crippen molar-refractivity contribution in [2.75, 3.05) is 13.1 Å². The lowest BCUT2D eigenvalue weighted by Gasteiger charge is -2.37. The number of nitrogens with two attached hydrogens (primary N) is 1. The number of carbonyl (C=O) groups is 1. The summed E-state index contributed by atoms with van der Waals surface area (Å²) in [7, 11) is 0. The van der Waals surface area contributed by atoms with Crippen molar-refractivity contribution >= 4 is 5.91 Å². The molecule has 0 aliphatic carbocycles. The highest BCUT2D eigenvalue weighted by atomic mass is 16.5. The van der Waals surface area contributed by atoms with Gasteiger partial charge >= 0.3 is 0 Å². The summed E-state index contributed by atoms with van der Waals surface area (Å²) in [5, 5.41) is 0. The Kier molecular flexibility index (Phi) is 4.11. The summed E-state index contributed by atoms with van der Waals surface area (Å²) in [4.78, 5) is 13.8. The van der Waals surface area contributed by atoms with Crippen LogP contribution in [0.1, 0.15) is 27.7 Å². The van der Waals surface area contributed by atoms with E-state index in [1.807, 2.05) is 32.6 Å². The molecule has 1 rings (SSSR count). The summed E-state index contributed by atoms with van der Waals surface area (Å²) in [6.07, 6.45) is 0.217. The summed E-state index contributed by atoms with van der Waals surface area (Å²) in [5.74, 6) is 0.234. The normalized spacial score (nSPS) is 29.3. The minimum absolute atomic E-state index is 0.0481. The van der Waals surface area contributed by atoms with Crippen LogP contribution >= 0.6 is 0 Å². The van der Waals surface area contributed by atoms with Gasteiger partial charge in [-0.15, -0.1) is 0 Å². The SMILES string of the molecule is CC1CN(C(=O)C(N)C(C)C)CC(C)O1. The van der Waals surface area contributed by atoms with Gasteiger partial charge in [-0.25, -0.2) is 0 Å². The molecule has 0 bridgehead atoms. The number of rotatable bonds is 2. The Bertz CT molecular complexity index is 221. The lowest BCUT2D eigenvalue weighted by Crippen LogP contribution is -2.54. The predicted molar refractivity (Wildman–Crippen MR) is 59.4 cm³/mol. The molecule has 1 aliphatic rings. The quantitative estimate of drug-likeness (QED) is 0.732.